The number of hydrogen-bond acceptors (Lipinski definition) is 4. The maximum Gasteiger partial charge on any atom is 0.253 e. The van der Waals surface area contributed by atoms with Gasteiger partial charge in [-0.2, -0.15) is 5.26 Å². The monoisotopic (exact) mass is 470 g/mol. The van der Waals surface area contributed by atoms with Crippen LogP contribution < -0.4 is 10.2 Å². The smallest absolute Gasteiger partial charge is 0.253 e. The van der Waals surface area contributed by atoms with E-state index in [0.717, 1.165) is 42.4 Å². The summed E-state index contributed by atoms with van der Waals surface area (Å²) in [6, 6.07) is 5.89. The van der Waals surface area contributed by atoms with Crippen LogP contribution in [0.3, 0.4) is 0 Å². The molecule has 1 aromatic carbocycles. The van der Waals surface area contributed by atoms with Gasteiger partial charge in [0.25, 0.3) is 5.91 Å². The highest BCUT2D eigenvalue weighted by Gasteiger charge is 2.43. The molecule has 180 valence electrons. The number of rotatable bonds is 3. The predicted molar refractivity (Wildman–Crippen MR) is 131 cm³/mol. The molecule has 35 heavy (non-hydrogen) atoms. The molecule has 7 rings (SSSR count). The predicted octanol–water partition coefficient (Wildman–Crippen LogP) is 4.67. The van der Waals surface area contributed by atoms with Gasteiger partial charge in [-0.05, 0) is 110 Å². The molecule has 0 spiro atoms. The number of aryl methyl sites for hydroxylation is 1. The molecule has 2 unspecified atom stereocenters. The summed E-state index contributed by atoms with van der Waals surface area (Å²) in [7, 11) is 0. The quantitative estimate of drug-likeness (QED) is 0.708. The standard InChI is InChI=1S/C29H31FN4O/c30-26-11-28(34-14-16-1-2-17(7-16)15-34)25(12-31)21-5-4-20(10-23(21)26)33-29(35)19-9-24-22-8-18(22)3-6-27(24)32-13-19/h9,11,13,16-18,20,22H,1-8,10,14-15H2,(H,33,35)/t16?,17?,18-,20+,22+/m1/s1. The number of nitrogens with one attached hydrogen (secondary N) is 1. The minimum Gasteiger partial charge on any atom is -0.370 e. The van der Waals surface area contributed by atoms with E-state index in [-0.39, 0.29) is 17.8 Å². The first kappa shape index (κ1) is 21.4. The maximum absolute atomic E-state index is 15.4. The lowest BCUT2D eigenvalue weighted by Gasteiger charge is -2.36. The van der Waals surface area contributed by atoms with Crippen LogP contribution in [-0.4, -0.2) is 30.0 Å². The highest BCUT2D eigenvalue weighted by molar-refractivity contribution is 5.94. The lowest BCUT2D eigenvalue weighted by atomic mass is 9.83. The summed E-state index contributed by atoms with van der Waals surface area (Å²) in [4.78, 5) is 19.9. The second-order valence-electron chi connectivity index (χ2n) is 11.6. The number of anilines is 1. The fourth-order valence-electron chi connectivity index (χ4n) is 7.50. The lowest BCUT2D eigenvalue weighted by Crippen LogP contribution is -2.40. The van der Waals surface area contributed by atoms with E-state index in [1.807, 2.05) is 6.07 Å². The van der Waals surface area contributed by atoms with Crippen LogP contribution in [0.2, 0.25) is 0 Å². The van der Waals surface area contributed by atoms with Crippen LogP contribution >= 0.6 is 0 Å². The molecular weight excluding hydrogens is 439 g/mol. The van der Waals surface area contributed by atoms with Crippen molar-refractivity contribution in [2.24, 2.45) is 17.8 Å². The highest BCUT2D eigenvalue weighted by atomic mass is 19.1. The minimum absolute atomic E-state index is 0.127. The van der Waals surface area contributed by atoms with Crippen LogP contribution in [-0.2, 0) is 19.3 Å². The zero-order valence-electron chi connectivity index (χ0n) is 20.0. The maximum atomic E-state index is 15.4. The number of pyridine rings is 1. The van der Waals surface area contributed by atoms with Crippen LogP contribution in [0.5, 0.6) is 0 Å². The van der Waals surface area contributed by atoms with Gasteiger partial charge in [0.1, 0.15) is 11.9 Å². The number of carbonyl (C=O) groups excluding carboxylic acids is 1. The molecule has 2 bridgehead atoms. The van der Waals surface area contributed by atoms with Crippen molar-refractivity contribution in [3.05, 3.63) is 57.7 Å². The fourth-order valence-corrected chi connectivity index (χ4v) is 7.50. The Bertz CT molecular complexity index is 1250. The lowest BCUT2D eigenvalue weighted by molar-refractivity contribution is 0.0932. The summed E-state index contributed by atoms with van der Waals surface area (Å²) >= 11 is 0. The fraction of sp³-hybridized carbons (Fsp3) is 0.552. The number of benzene rings is 1. The van der Waals surface area contributed by atoms with E-state index in [2.05, 4.69) is 21.3 Å². The van der Waals surface area contributed by atoms with E-state index in [1.165, 1.54) is 37.7 Å². The van der Waals surface area contributed by atoms with Crippen LogP contribution in [0.25, 0.3) is 0 Å². The van der Waals surface area contributed by atoms with Gasteiger partial charge in [-0.1, -0.05) is 0 Å². The van der Waals surface area contributed by atoms with E-state index >= 15 is 4.39 Å². The number of nitriles is 1. The largest absolute Gasteiger partial charge is 0.370 e. The average molecular weight is 471 g/mol. The molecule has 2 heterocycles. The van der Waals surface area contributed by atoms with Crippen LogP contribution in [0.4, 0.5) is 10.1 Å². The minimum atomic E-state index is -0.235. The van der Waals surface area contributed by atoms with Crippen molar-refractivity contribution < 1.29 is 9.18 Å². The van der Waals surface area contributed by atoms with Gasteiger partial charge < -0.3 is 10.2 Å². The summed E-state index contributed by atoms with van der Waals surface area (Å²) in [5.41, 5.74) is 5.89. The van der Waals surface area contributed by atoms with E-state index < -0.39 is 0 Å². The van der Waals surface area contributed by atoms with Crippen molar-refractivity contribution in [2.45, 2.75) is 69.7 Å². The molecule has 2 aromatic rings. The van der Waals surface area contributed by atoms with Gasteiger partial charge in [-0.25, -0.2) is 4.39 Å². The first-order chi connectivity index (χ1) is 17.1. The Balaban J connectivity index is 1.11. The zero-order valence-corrected chi connectivity index (χ0v) is 20.0. The van der Waals surface area contributed by atoms with Gasteiger partial charge in [0.05, 0.1) is 16.8 Å². The van der Waals surface area contributed by atoms with E-state index in [9.17, 15) is 10.1 Å². The van der Waals surface area contributed by atoms with E-state index in [4.69, 9.17) is 0 Å². The third kappa shape index (κ3) is 3.63. The molecule has 1 aliphatic heterocycles. The average Bonchev–Trinajstić information content (AvgIpc) is 3.61. The van der Waals surface area contributed by atoms with E-state index in [1.54, 1.807) is 12.3 Å². The topological polar surface area (TPSA) is 69.0 Å². The molecule has 6 heteroatoms. The zero-order chi connectivity index (χ0) is 23.7. The Morgan fingerprint density at radius 3 is 2.71 bits per heavy atom. The molecule has 5 aliphatic rings. The van der Waals surface area contributed by atoms with Crippen LogP contribution in [0.15, 0.2) is 18.3 Å². The normalized spacial score (nSPS) is 30.1. The number of nitrogens with zero attached hydrogens (tertiary/aromatic N) is 3. The summed E-state index contributed by atoms with van der Waals surface area (Å²) in [6.07, 6.45) is 10.7. The Morgan fingerprint density at radius 2 is 1.91 bits per heavy atom. The van der Waals surface area contributed by atoms with Gasteiger partial charge in [-0.3, -0.25) is 9.78 Å². The molecule has 3 fully saturated rings. The van der Waals surface area contributed by atoms with Gasteiger partial charge >= 0.3 is 0 Å². The molecule has 2 saturated carbocycles. The Hall–Kier alpha value is -2.94. The Morgan fingerprint density at radius 1 is 1.09 bits per heavy atom. The third-order valence-corrected chi connectivity index (χ3v) is 9.40. The number of fused-ring (bicyclic) bond motifs is 6. The van der Waals surface area contributed by atoms with Crippen LogP contribution in [0.1, 0.15) is 82.7 Å². The molecule has 5 atom stereocenters. The molecule has 0 radical (unpaired) electrons. The summed E-state index contributed by atoms with van der Waals surface area (Å²) < 4.78 is 15.4. The van der Waals surface area contributed by atoms with Crippen molar-refractivity contribution in [2.75, 3.05) is 18.0 Å². The molecule has 4 aliphatic carbocycles. The first-order valence-electron chi connectivity index (χ1n) is 13.4. The SMILES string of the molecule is N#Cc1c(N2CC3CCC(C3)C2)cc(F)c2c1CC[C@H](NC(=O)c1cnc3c(c1)[C@H]1C[C@H]1CC3)C2. The highest BCUT2D eigenvalue weighted by Crippen LogP contribution is 2.54. The summed E-state index contributed by atoms with van der Waals surface area (Å²) in [5.74, 6) is 2.34. The molecule has 5 nitrogen and oxygen atoms in total. The number of halogens is 1. The second kappa shape index (κ2) is 8.05. The molecule has 1 saturated heterocycles. The molecule has 1 aromatic heterocycles. The van der Waals surface area contributed by atoms with Gasteiger partial charge in [0, 0.05) is 31.0 Å². The number of piperidine rings is 1. The van der Waals surface area contributed by atoms with E-state index in [0.29, 0.717) is 53.7 Å². The summed E-state index contributed by atoms with van der Waals surface area (Å²) in [5, 5.41) is 13.2. The van der Waals surface area contributed by atoms with Crippen molar-refractivity contribution in [1.29, 1.82) is 5.26 Å². The van der Waals surface area contributed by atoms with Crippen LogP contribution in [0, 0.1) is 34.9 Å². The van der Waals surface area contributed by atoms with Gasteiger partial charge in [-0.15, -0.1) is 0 Å². The number of aromatic nitrogens is 1. The van der Waals surface area contributed by atoms with Crippen molar-refractivity contribution in [1.82, 2.24) is 10.3 Å². The molecular formula is C29H31FN4O. The number of carbonyl (C=O) groups is 1. The van der Waals surface area contributed by atoms with Gasteiger partial charge in [0.15, 0.2) is 0 Å². The number of hydrogen-bond donors (Lipinski definition) is 1. The third-order valence-electron chi connectivity index (χ3n) is 9.40. The number of amides is 1. The van der Waals surface area contributed by atoms with Crippen molar-refractivity contribution in [3.8, 4) is 6.07 Å². The van der Waals surface area contributed by atoms with Gasteiger partial charge in [0.2, 0.25) is 0 Å². The van der Waals surface area contributed by atoms with Crippen molar-refractivity contribution >= 4 is 11.6 Å². The summed E-state index contributed by atoms with van der Waals surface area (Å²) in [6.45, 7) is 1.86. The Kier molecular flexibility index (Phi) is 4.91. The first-order valence-corrected chi connectivity index (χ1v) is 13.4. The second-order valence-corrected chi connectivity index (χ2v) is 11.6. The van der Waals surface area contributed by atoms with Crippen molar-refractivity contribution in [3.63, 3.8) is 0 Å². The Labute approximate surface area is 205 Å². The molecule has 1 amide bonds. The molecule has 1 N–H and O–H groups in total.